The molecule has 0 aliphatic heterocycles. The summed E-state index contributed by atoms with van der Waals surface area (Å²) in [6.45, 7) is 0. The average Bonchev–Trinajstić information content (AvgIpc) is 2.30. The van der Waals surface area contributed by atoms with Gasteiger partial charge < -0.3 is 0 Å². The van der Waals surface area contributed by atoms with Crippen molar-refractivity contribution in [2.45, 2.75) is 0 Å². The van der Waals surface area contributed by atoms with Crippen LogP contribution in [-0.4, -0.2) is 7.85 Å². The summed E-state index contributed by atoms with van der Waals surface area (Å²) >= 11 is 0. The van der Waals surface area contributed by atoms with E-state index >= 15 is 0 Å². The van der Waals surface area contributed by atoms with Gasteiger partial charge in [-0.3, -0.25) is 0 Å². The summed E-state index contributed by atoms with van der Waals surface area (Å²) in [6.07, 6.45) is 0. The zero-order chi connectivity index (χ0) is 12.9. The maximum Gasteiger partial charge on any atom is 0.195 e. The van der Waals surface area contributed by atoms with Crippen molar-refractivity contribution in [1.29, 1.82) is 0 Å². The molecule has 2 aromatic rings. The first-order valence-corrected chi connectivity index (χ1v) is 4.25. The minimum atomic E-state index is -1.97. The first kappa shape index (κ1) is 11.8. The Kier molecular flexibility index (Phi) is 2.56. The van der Waals surface area contributed by atoms with Crippen LogP contribution in [0.4, 0.5) is 26.3 Å². The van der Waals surface area contributed by atoms with Crippen LogP contribution in [0.1, 0.15) is 0 Å². The molecule has 0 atom stereocenters. The highest BCUT2D eigenvalue weighted by molar-refractivity contribution is 6.39. The Morgan fingerprint density at radius 1 is 0.706 bits per heavy atom. The second-order valence-corrected chi connectivity index (χ2v) is 3.26. The Hall–Kier alpha value is -1.66. The molecule has 0 amide bonds. The Balaban J connectivity index is 3.12. The lowest BCUT2D eigenvalue weighted by Gasteiger charge is -2.09. The Morgan fingerprint density at radius 2 is 1.29 bits per heavy atom. The molecule has 0 aliphatic carbocycles. The van der Waals surface area contributed by atoms with Gasteiger partial charge in [0.05, 0.1) is 0 Å². The minimum Gasteiger partial charge on any atom is -0.204 e. The van der Waals surface area contributed by atoms with E-state index in [1.165, 1.54) is 0 Å². The van der Waals surface area contributed by atoms with Crippen molar-refractivity contribution in [1.82, 2.24) is 0 Å². The lowest BCUT2D eigenvalue weighted by Crippen LogP contribution is -2.17. The highest BCUT2D eigenvalue weighted by atomic mass is 19.2. The first-order chi connectivity index (χ1) is 7.86. The van der Waals surface area contributed by atoms with Gasteiger partial charge in [-0.15, -0.1) is 0 Å². The van der Waals surface area contributed by atoms with E-state index in [0.29, 0.717) is 0 Å². The molecule has 0 aliphatic rings. The van der Waals surface area contributed by atoms with Crippen LogP contribution < -0.4 is 5.46 Å². The molecule has 17 heavy (non-hydrogen) atoms. The van der Waals surface area contributed by atoms with Gasteiger partial charge in [0.1, 0.15) is 7.85 Å². The van der Waals surface area contributed by atoms with Crippen LogP contribution in [0, 0.1) is 34.9 Å². The smallest absolute Gasteiger partial charge is 0.195 e. The zero-order valence-electron chi connectivity index (χ0n) is 7.92. The van der Waals surface area contributed by atoms with Crippen LogP contribution in [0.15, 0.2) is 6.07 Å². The molecule has 0 saturated heterocycles. The molecule has 0 unspecified atom stereocenters. The lowest BCUT2D eigenvalue weighted by atomic mass is 9.88. The molecule has 7 heteroatoms. The monoisotopic (exact) mass is 246 g/mol. The predicted molar refractivity (Wildman–Crippen MR) is 49.1 cm³/mol. The summed E-state index contributed by atoms with van der Waals surface area (Å²) < 4.78 is 78.1. The molecular formula is C10HBF6. The second kappa shape index (κ2) is 3.68. The second-order valence-electron chi connectivity index (χ2n) is 3.26. The van der Waals surface area contributed by atoms with Gasteiger partial charge >= 0.3 is 0 Å². The summed E-state index contributed by atoms with van der Waals surface area (Å²) in [5, 5.41) is -1.99. The zero-order valence-corrected chi connectivity index (χ0v) is 7.92. The number of fused-ring (bicyclic) bond motifs is 1. The molecule has 0 nitrogen and oxygen atoms in total. The van der Waals surface area contributed by atoms with Gasteiger partial charge in [0.25, 0.3) is 0 Å². The van der Waals surface area contributed by atoms with E-state index in [-0.39, 0.29) is 6.07 Å². The van der Waals surface area contributed by atoms with Crippen LogP contribution in [0.25, 0.3) is 10.8 Å². The first-order valence-electron chi connectivity index (χ1n) is 4.25. The molecule has 0 heterocycles. The molecule has 2 aromatic carbocycles. The fraction of sp³-hybridized carbons (Fsp3) is 0. The number of benzene rings is 2. The van der Waals surface area contributed by atoms with Crippen LogP contribution in [0.5, 0.6) is 0 Å². The van der Waals surface area contributed by atoms with Crippen molar-refractivity contribution >= 4 is 24.1 Å². The van der Waals surface area contributed by atoms with Crippen LogP contribution in [-0.2, 0) is 0 Å². The SMILES string of the molecule is [B]c1c(F)c(F)c(F)c2cc(F)c(F)c(F)c12. The number of hydrogen-bond donors (Lipinski definition) is 0. The number of hydrogen-bond acceptors (Lipinski definition) is 0. The maximum atomic E-state index is 13.3. The van der Waals surface area contributed by atoms with Gasteiger partial charge in [-0.05, 0) is 11.5 Å². The van der Waals surface area contributed by atoms with E-state index in [9.17, 15) is 26.3 Å². The van der Waals surface area contributed by atoms with Gasteiger partial charge in [-0.25, -0.2) is 26.3 Å². The molecule has 0 fully saturated rings. The highest BCUT2D eigenvalue weighted by Crippen LogP contribution is 2.26. The van der Waals surface area contributed by atoms with Crippen molar-refractivity contribution < 1.29 is 26.3 Å². The van der Waals surface area contributed by atoms with Gasteiger partial charge in [-0.1, -0.05) is 0 Å². The fourth-order valence-corrected chi connectivity index (χ4v) is 1.47. The fourth-order valence-electron chi connectivity index (χ4n) is 1.47. The van der Waals surface area contributed by atoms with Crippen molar-refractivity contribution in [2.75, 3.05) is 0 Å². The summed E-state index contributed by atoms with van der Waals surface area (Å²) in [5.74, 6) is -11.2. The van der Waals surface area contributed by atoms with E-state index < -0.39 is 51.1 Å². The van der Waals surface area contributed by atoms with E-state index in [4.69, 9.17) is 7.85 Å². The minimum absolute atomic E-state index is 0.210. The topological polar surface area (TPSA) is 0 Å². The molecule has 86 valence electrons. The predicted octanol–water partition coefficient (Wildman–Crippen LogP) is 2.47. The van der Waals surface area contributed by atoms with Gasteiger partial charge in [-0.2, -0.15) is 0 Å². The number of halogens is 6. The van der Waals surface area contributed by atoms with Crippen LogP contribution in [0.2, 0.25) is 0 Å². The molecule has 0 N–H and O–H groups in total. The summed E-state index contributed by atoms with van der Waals surface area (Å²) in [4.78, 5) is 0. The largest absolute Gasteiger partial charge is 0.204 e. The van der Waals surface area contributed by atoms with E-state index in [0.717, 1.165) is 0 Å². The Bertz CT molecular complexity index is 629. The van der Waals surface area contributed by atoms with Crippen molar-refractivity contribution in [3.63, 3.8) is 0 Å². The standard InChI is InChI=1S/C10HBF6/c11-5-4-2(6(13)10(17)9(5)16)1-3(12)7(14)8(4)15/h1H. The van der Waals surface area contributed by atoms with Crippen molar-refractivity contribution in [3.05, 3.63) is 41.0 Å². The summed E-state index contributed by atoms with van der Waals surface area (Å²) in [6, 6.07) is 0.210. The van der Waals surface area contributed by atoms with E-state index in [2.05, 4.69) is 0 Å². The van der Waals surface area contributed by atoms with Gasteiger partial charge in [0.2, 0.25) is 0 Å². The molecule has 2 rings (SSSR count). The van der Waals surface area contributed by atoms with Gasteiger partial charge in [0.15, 0.2) is 34.9 Å². The lowest BCUT2D eigenvalue weighted by molar-refractivity contribution is 0.444. The third-order valence-corrected chi connectivity index (χ3v) is 2.29. The normalized spacial score (nSPS) is 11.2. The quantitative estimate of drug-likeness (QED) is 0.380. The third kappa shape index (κ3) is 1.49. The number of rotatable bonds is 0. The molecule has 0 bridgehead atoms. The summed E-state index contributed by atoms with van der Waals surface area (Å²) in [7, 11) is 5.00. The van der Waals surface area contributed by atoms with Crippen LogP contribution >= 0.6 is 0 Å². The molecular weight excluding hydrogens is 245 g/mol. The molecule has 0 aromatic heterocycles. The molecule has 0 saturated carbocycles. The highest BCUT2D eigenvalue weighted by Gasteiger charge is 2.23. The summed E-state index contributed by atoms with van der Waals surface area (Å²) in [5.41, 5.74) is -1.12. The average molecular weight is 246 g/mol. The van der Waals surface area contributed by atoms with Crippen LogP contribution in [0.3, 0.4) is 0 Å². The van der Waals surface area contributed by atoms with Crippen molar-refractivity contribution in [3.8, 4) is 0 Å². The van der Waals surface area contributed by atoms with Gasteiger partial charge in [0, 0.05) is 10.8 Å². The Labute approximate surface area is 92.3 Å². The third-order valence-electron chi connectivity index (χ3n) is 2.29. The van der Waals surface area contributed by atoms with Crippen molar-refractivity contribution in [2.24, 2.45) is 0 Å². The molecule has 0 spiro atoms. The van der Waals surface area contributed by atoms with E-state index in [1.807, 2.05) is 0 Å². The van der Waals surface area contributed by atoms with E-state index in [1.54, 1.807) is 0 Å². The maximum absolute atomic E-state index is 13.3. The Morgan fingerprint density at radius 3 is 1.88 bits per heavy atom. The molecule has 2 radical (unpaired) electrons.